The maximum absolute atomic E-state index is 3.39. The highest BCUT2D eigenvalue weighted by molar-refractivity contribution is 7.12. The first-order chi connectivity index (χ1) is 16.3. The first-order valence-corrected chi connectivity index (χ1v) is 13.7. The molecular weight excluding hydrogens is 416 g/mol. The van der Waals surface area contributed by atoms with Crippen molar-refractivity contribution < 1.29 is 0 Å². The van der Waals surface area contributed by atoms with Crippen molar-refractivity contribution in [3.05, 3.63) is 82.0 Å². The zero-order chi connectivity index (χ0) is 22.7. The minimum atomic E-state index is 1.09. The molecule has 4 rings (SSSR count). The van der Waals surface area contributed by atoms with E-state index in [0.717, 1.165) is 5.56 Å². The van der Waals surface area contributed by atoms with E-state index in [9.17, 15) is 0 Å². The summed E-state index contributed by atoms with van der Waals surface area (Å²) in [7, 11) is 0. The quantitative estimate of drug-likeness (QED) is 0.121. The van der Waals surface area contributed by atoms with E-state index in [0.29, 0.717) is 0 Å². The third kappa shape index (κ3) is 7.21. The number of benzene rings is 3. The molecule has 1 aromatic heterocycles. The lowest BCUT2D eigenvalue weighted by Gasteiger charge is -2.02. The summed E-state index contributed by atoms with van der Waals surface area (Å²) in [6.07, 6.45) is 15.1. The average molecular weight is 453 g/mol. The molecule has 0 bridgehead atoms. The molecule has 1 heterocycles. The number of hydrogen-bond acceptors (Lipinski definition) is 1. The maximum atomic E-state index is 3.39. The van der Waals surface area contributed by atoms with Crippen molar-refractivity contribution in [1.82, 2.24) is 0 Å². The molecule has 1 heteroatoms. The molecular formula is C32H36S. The Bertz CT molecular complexity index is 1220. The Kier molecular flexibility index (Phi) is 9.02. The van der Waals surface area contributed by atoms with Gasteiger partial charge in [0, 0.05) is 10.4 Å². The van der Waals surface area contributed by atoms with Crippen LogP contribution in [-0.4, -0.2) is 0 Å². The van der Waals surface area contributed by atoms with Gasteiger partial charge in [-0.05, 0) is 70.8 Å². The highest BCUT2D eigenvalue weighted by atomic mass is 32.1. The van der Waals surface area contributed by atoms with Crippen LogP contribution < -0.4 is 0 Å². The molecule has 0 amide bonds. The van der Waals surface area contributed by atoms with Gasteiger partial charge in [0.05, 0.1) is 4.88 Å². The Morgan fingerprint density at radius 1 is 0.576 bits per heavy atom. The van der Waals surface area contributed by atoms with Crippen molar-refractivity contribution in [3.8, 4) is 11.8 Å². The lowest BCUT2D eigenvalue weighted by atomic mass is 10.0. The molecule has 0 fully saturated rings. The van der Waals surface area contributed by atoms with Crippen LogP contribution in [0.25, 0.3) is 21.5 Å². The Morgan fingerprint density at radius 3 is 1.94 bits per heavy atom. The Hall–Kier alpha value is -2.56. The average Bonchev–Trinajstić information content (AvgIpc) is 3.30. The van der Waals surface area contributed by atoms with Crippen LogP contribution in [0.3, 0.4) is 0 Å². The van der Waals surface area contributed by atoms with Crippen LogP contribution in [0.1, 0.15) is 86.4 Å². The molecule has 0 unspecified atom stereocenters. The third-order valence-electron chi connectivity index (χ3n) is 6.47. The predicted octanol–water partition coefficient (Wildman–Crippen LogP) is 9.92. The third-order valence-corrected chi connectivity index (χ3v) is 7.53. The minimum absolute atomic E-state index is 1.09. The van der Waals surface area contributed by atoms with E-state index in [1.165, 1.54) is 102 Å². The summed E-state index contributed by atoms with van der Waals surface area (Å²) in [4.78, 5) is 2.65. The highest BCUT2D eigenvalue weighted by Crippen LogP contribution is 2.24. The largest absolute Gasteiger partial charge is 0.132 e. The second-order valence-corrected chi connectivity index (χ2v) is 10.4. The lowest BCUT2D eigenvalue weighted by molar-refractivity contribution is 0.557. The zero-order valence-electron chi connectivity index (χ0n) is 20.0. The van der Waals surface area contributed by atoms with Crippen LogP contribution in [0.15, 0.2) is 66.7 Å². The standard InChI is InChI=1S/C32H36S/c1-2-3-4-5-6-7-8-9-10-11-16-31-21-22-32(33-31)20-18-26-17-19-29-24-27-14-12-13-15-28(27)25-30(29)23-26/h12-15,17,19,21-25H,2-11,16H2,1H3. The molecule has 33 heavy (non-hydrogen) atoms. The predicted molar refractivity (Wildman–Crippen MR) is 147 cm³/mol. The second kappa shape index (κ2) is 12.6. The topological polar surface area (TPSA) is 0 Å². The first-order valence-electron chi connectivity index (χ1n) is 12.8. The van der Waals surface area contributed by atoms with E-state index in [-0.39, 0.29) is 0 Å². The van der Waals surface area contributed by atoms with Crippen molar-refractivity contribution in [1.29, 1.82) is 0 Å². The van der Waals surface area contributed by atoms with Crippen LogP contribution in [0.5, 0.6) is 0 Å². The first kappa shape index (κ1) is 23.6. The van der Waals surface area contributed by atoms with Crippen molar-refractivity contribution in [2.45, 2.75) is 77.6 Å². The Labute approximate surface area is 204 Å². The molecule has 0 aliphatic heterocycles. The summed E-state index contributed by atoms with van der Waals surface area (Å²) in [5.74, 6) is 6.77. The normalized spacial score (nSPS) is 11.1. The van der Waals surface area contributed by atoms with Crippen molar-refractivity contribution >= 4 is 32.9 Å². The second-order valence-electron chi connectivity index (χ2n) is 9.21. The SMILES string of the molecule is CCCCCCCCCCCCc1ccc(C#Cc2ccc3cc4ccccc4cc3c2)s1. The van der Waals surface area contributed by atoms with Gasteiger partial charge in [-0.3, -0.25) is 0 Å². The number of unbranched alkanes of at least 4 members (excludes halogenated alkanes) is 9. The van der Waals surface area contributed by atoms with E-state index >= 15 is 0 Å². The smallest absolute Gasteiger partial charge is 0.0775 e. The van der Waals surface area contributed by atoms with Crippen LogP contribution in [-0.2, 0) is 6.42 Å². The number of hydrogen-bond donors (Lipinski definition) is 0. The molecule has 0 aliphatic carbocycles. The van der Waals surface area contributed by atoms with E-state index in [1.807, 2.05) is 11.3 Å². The fourth-order valence-corrected chi connectivity index (χ4v) is 5.42. The fourth-order valence-electron chi connectivity index (χ4n) is 4.52. The molecule has 0 atom stereocenters. The summed E-state index contributed by atoms with van der Waals surface area (Å²) < 4.78 is 0. The summed E-state index contributed by atoms with van der Waals surface area (Å²) in [5, 5.41) is 5.10. The van der Waals surface area contributed by atoms with Crippen molar-refractivity contribution in [3.63, 3.8) is 0 Å². The van der Waals surface area contributed by atoms with E-state index in [4.69, 9.17) is 0 Å². The van der Waals surface area contributed by atoms with Gasteiger partial charge < -0.3 is 0 Å². The lowest BCUT2D eigenvalue weighted by Crippen LogP contribution is -1.84. The van der Waals surface area contributed by atoms with Gasteiger partial charge in [0.15, 0.2) is 0 Å². The van der Waals surface area contributed by atoms with E-state index in [2.05, 4.69) is 85.5 Å². The minimum Gasteiger partial charge on any atom is -0.132 e. The van der Waals surface area contributed by atoms with Gasteiger partial charge in [-0.2, -0.15) is 0 Å². The summed E-state index contributed by atoms with van der Waals surface area (Å²) in [6.45, 7) is 2.29. The van der Waals surface area contributed by atoms with Crippen molar-refractivity contribution in [2.24, 2.45) is 0 Å². The molecule has 3 aromatic carbocycles. The Balaban J connectivity index is 1.24. The molecule has 4 aromatic rings. The van der Waals surface area contributed by atoms with Gasteiger partial charge in [0.25, 0.3) is 0 Å². The Morgan fingerprint density at radius 2 is 1.21 bits per heavy atom. The summed E-state index contributed by atoms with van der Waals surface area (Å²) in [6, 6.07) is 24.1. The summed E-state index contributed by atoms with van der Waals surface area (Å²) in [5.41, 5.74) is 1.09. The summed E-state index contributed by atoms with van der Waals surface area (Å²) >= 11 is 1.86. The molecule has 0 radical (unpaired) electrons. The van der Waals surface area contributed by atoms with Gasteiger partial charge in [-0.15, -0.1) is 11.3 Å². The van der Waals surface area contributed by atoms with Crippen LogP contribution >= 0.6 is 11.3 Å². The van der Waals surface area contributed by atoms with E-state index in [1.54, 1.807) is 0 Å². The highest BCUT2D eigenvalue weighted by Gasteiger charge is 2.01. The zero-order valence-corrected chi connectivity index (χ0v) is 20.9. The molecule has 0 saturated heterocycles. The van der Waals surface area contributed by atoms with Crippen LogP contribution in [0.4, 0.5) is 0 Å². The van der Waals surface area contributed by atoms with E-state index < -0.39 is 0 Å². The molecule has 170 valence electrons. The van der Waals surface area contributed by atoms with Crippen molar-refractivity contribution in [2.75, 3.05) is 0 Å². The molecule has 0 N–H and O–H groups in total. The van der Waals surface area contributed by atoms with Crippen LogP contribution in [0.2, 0.25) is 0 Å². The number of fused-ring (bicyclic) bond motifs is 2. The monoisotopic (exact) mass is 452 g/mol. The van der Waals surface area contributed by atoms with Gasteiger partial charge in [0.2, 0.25) is 0 Å². The van der Waals surface area contributed by atoms with Gasteiger partial charge in [-0.1, -0.05) is 107 Å². The van der Waals surface area contributed by atoms with Gasteiger partial charge >= 0.3 is 0 Å². The number of rotatable bonds is 11. The molecule has 0 nitrogen and oxygen atoms in total. The number of thiophene rings is 1. The van der Waals surface area contributed by atoms with Crippen LogP contribution in [0, 0.1) is 11.8 Å². The molecule has 0 aliphatic rings. The molecule has 0 spiro atoms. The van der Waals surface area contributed by atoms with Gasteiger partial charge in [0.1, 0.15) is 0 Å². The number of aryl methyl sites for hydroxylation is 1. The van der Waals surface area contributed by atoms with Gasteiger partial charge in [-0.25, -0.2) is 0 Å². The molecule has 0 saturated carbocycles. The maximum Gasteiger partial charge on any atom is 0.0775 e. The fraction of sp³-hybridized carbons (Fsp3) is 0.375.